The summed E-state index contributed by atoms with van der Waals surface area (Å²) in [6.45, 7) is 3.10. The molecule has 0 fully saturated rings. The smallest absolute Gasteiger partial charge is 0.307 e. The number of halogens is 1. The Morgan fingerprint density at radius 3 is 2.50 bits per heavy atom. The lowest BCUT2D eigenvalue weighted by molar-refractivity contribution is -0.136. The number of hydrogen-bond donors (Lipinski definition) is 1. The Balaban J connectivity index is 2.95. The molecule has 0 saturated carbocycles. The number of aliphatic carboxylic acids is 1. The highest BCUT2D eigenvalue weighted by molar-refractivity contribution is 5.70. The van der Waals surface area contributed by atoms with Crippen LogP contribution in [0.1, 0.15) is 25.0 Å². The summed E-state index contributed by atoms with van der Waals surface area (Å²) in [5, 5.41) is 8.67. The SMILES string of the molecule is CC(C)Oc1cc(CF)cc(CC(=O)O)c1. The van der Waals surface area contributed by atoms with Crippen molar-refractivity contribution in [2.75, 3.05) is 0 Å². The van der Waals surface area contributed by atoms with E-state index in [2.05, 4.69) is 0 Å². The molecule has 1 rings (SSSR count). The number of carbonyl (C=O) groups is 1. The first-order valence-corrected chi connectivity index (χ1v) is 5.08. The second-order valence-corrected chi connectivity index (χ2v) is 3.86. The molecule has 0 aliphatic rings. The van der Waals surface area contributed by atoms with Crippen molar-refractivity contribution in [1.29, 1.82) is 0 Å². The van der Waals surface area contributed by atoms with Gasteiger partial charge < -0.3 is 9.84 Å². The minimum absolute atomic E-state index is 0.0208. The number of rotatable bonds is 5. The van der Waals surface area contributed by atoms with Gasteiger partial charge in [-0.1, -0.05) is 6.07 Å². The van der Waals surface area contributed by atoms with E-state index >= 15 is 0 Å². The van der Waals surface area contributed by atoms with Gasteiger partial charge in [0.2, 0.25) is 0 Å². The third kappa shape index (κ3) is 3.88. The number of benzene rings is 1. The van der Waals surface area contributed by atoms with Gasteiger partial charge in [-0.15, -0.1) is 0 Å². The average Bonchev–Trinajstić information content (AvgIpc) is 2.14. The van der Waals surface area contributed by atoms with Gasteiger partial charge in [-0.2, -0.15) is 0 Å². The van der Waals surface area contributed by atoms with Gasteiger partial charge in [0.1, 0.15) is 12.4 Å². The Labute approximate surface area is 93.9 Å². The highest BCUT2D eigenvalue weighted by atomic mass is 19.1. The van der Waals surface area contributed by atoms with E-state index in [9.17, 15) is 9.18 Å². The lowest BCUT2D eigenvalue weighted by atomic mass is 10.1. The van der Waals surface area contributed by atoms with Crippen molar-refractivity contribution in [1.82, 2.24) is 0 Å². The molecule has 0 unspecified atom stereocenters. The van der Waals surface area contributed by atoms with Crippen LogP contribution in [-0.2, 0) is 17.9 Å². The molecule has 3 nitrogen and oxygen atoms in total. The van der Waals surface area contributed by atoms with Crippen LogP contribution in [0.3, 0.4) is 0 Å². The van der Waals surface area contributed by atoms with E-state index in [1.165, 1.54) is 0 Å². The zero-order valence-electron chi connectivity index (χ0n) is 9.37. The van der Waals surface area contributed by atoms with Crippen molar-refractivity contribution in [3.63, 3.8) is 0 Å². The van der Waals surface area contributed by atoms with Crippen molar-refractivity contribution >= 4 is 5.97 Å². The summed E-state index contributed by atoms with van der Waals surface area (Å²) in [5.74, 6) is -0.423. The molecule has 0 spiro atoms. The summed E-state index contributed by atoms with van der Waals surface area (Å²) in [6.07, 6.45) is -0.144. The van der Waals surface area contributed by atoms with Gasteiger partial charge in [0.05, 0.1) is 12.5 Å². The van der Waals surface area contributed by atoms with Crippen LogP contribution in [0.25, 0.3) is 0 Å². The van der Waals surface area contributed by atoms with Crippen molar-refractivity contribution in [2.24, 2.45) is 0 Å². The number of ether oxygens (including phenoxy) is 1. The molecule has 88 valence electrons. The lowest BCUT2D eigenvalue weighted by Gasteiger charge is -2.12. The molecule has 0 radical (unpaired) electrons. The Kier molecular flexibility index (Phi) is 4.28. The summed E-state index contributed by atoms with van der Waals surface area (Å²) in [4.78, 5) is 10.6. The van der Waals surface area contributed by atoms with Gasteiger partial charge in [0, 0.05) is 0 Å². The van der Waals surface area contributed by atoms with Crippen LogP contribution in [0.2, 0.25) is 0 Å². The second-order valence-electron chi connectivity index (χ2n) is 3.86. The van der Waals surface area contributed by atoms with Crippen molar-refractivity contribution in [3.05, 3.63) is 29.3 Å². The maximum Gasteiger partial charge on any atom is 0.307 e. The Bertz CT molecular complexity index is 375. The third-order valence-corrected chi connectivity index (χ3v) is 1.91. The van der Waals surface area contributed by atoms with E-state index in [0.717, 1.165) is 0 Å². The first-order chi connectivity index (χ1) is 7.51. The number of hydrogen-bond acceptors (Lipinski definition) is 2. The molecule has 0 heterocycles. The molecule has 1 N–H and O–H groups in total. The average molecular weight is 226 g/mol. The fraction of sp³-hybridized carbons (Fsp3) is 0.417. The topological polar surface area (TPSA) is 46.5 Å². The van der Waals surface area contributed by atoms with E-state index in [4.69, 9.17) is 9.84 Å². The molecular weight excluding hydrogens is 211 g/mol. The molecule has 0 aliphatic heterocycles. The molecule has 1 aromatic carbocycles. The maximum atomic E-state index is 12.6. The van der Waals surface area contributed by atoms with E-state index in [0.29, 0.717) is 16.9 Å². The molecule has 4 heteroatoms. The van der Waals surface area contributed by atoms with E-state index in [1.807, 2.05) is 13.8 Å². The summed E-state index contributed by atoms with van der Waals surface area (Å²) < 4.78 is 18.0. The van der Waals surface area contributed by atoms with Crippen LogP contribution in [0.15, 0.2) is 18.2 Å². The predicted molar refractivity (Wildman–Crippen MR) is 58.4 cm³/mol. The van der Waals surface area contributed by atoms with E-state index in [1.54, 1.807) is 18.2 Å². The number of carboxylic acids is 1. The molecule has 0 bridgehead atoms. The standard InChI is InChI=1S/C12H15FO3/c1-8(2)16-11-4-9(6-12(14)15)3-10(5-11)7-13/h3-5,8H,6-7H2,1-2H3,(H,14,15). The Morgan fingerprint density at radius 1 is 1.38 bits per heavy atom. The summed E-state index contributed by atoms with van der Waals surface area (Å²) in [5.41, 5.74) is 0.993. The zero-order chi connectivity index (χ0) is 12.1. The molecule has 1 aromatic rings. The summed E-state index contributed by atoms with van der Waals surface area (Å²) in [6, 6.07) is 4.76. The van der Waals surface area contributed by atoms with Crippen LogP contribution >= 0.6 is 0 Å². The van der Waals surface area contributed by atoms with Gasteiger partial charge in [-0.05, 0) is 37.1 Å². The minimum atomic E-state index is -0.938. The largest absolute Gasteiger partial charge is 0.491 e. The zero-order valence-corrected chi connectivity index (χ0v) is 9.37. The van der Waals surface area contributed by atoms with Gasteiger partial charge in [0.15, 0.2) is 0 Å². The first kappa shape index (κ1) is 12.5. The molecule has 0 amide bonds. The Hall–Kier alpha value is -1.58. The molecule has 0 aromatic heterocycles. The van der Waals surface area contributed by atoms with Gasteiger partial charge in [-0.3, -0.25) is 4.79 Å². The minimum Gasteiger partial charge on any atom is -0.491 e. The summed E-state index contributed by atoms with van der Waals surface area (Å²) in [7, 11) is 0. The number of carboxylic acid groups (broad SMARTS) is 1. The van der Waals surface area contributed by atoms with Crippen LogP contribution in [0.5, 0.6) is 5.75 Å². The van der Waals surface area contributed by atoms with Crippen molar-refractivity contribution in [2.45, 2.75) is 33.0 Å². The summed E-state index contributed by atoms with van der Waals surface area (Å²) >= 11 is 0. The quantitative estimate of drug-likeness (QED) is 0.839. The molecule has 16 heavy (non-hydrogen) atoms. The molecular formula is C12H15FO3. The highest BCUT2D eigenvalue weighted by Crippen LogP contribution is 2.20. The van der Waals surface area contributed by atoms with Crippen molar-refractivity contribution in [3.8, 4) is 5.75 Å². The fourth-order valence-corrected chi connectivity index (χ4v) is 1.42. The third-order valence-electron chi connectivity index (χ3n) is 1.91. The van der Waals surface area contributed by atoms with Crippen LogP contribution in [0.4, 0.5) is 4.39 Å². The van der Waals surface area contributed by atoms with Gasteiger partial charge in [-0.25, -0.2) is 4.39 Å². The van der Waals surface area contributed by atoms with E-state index < -0.39 is 12.6 Å². The molecule has 0 saturated heterocycles. The van der Waals surface area contributed by atoms with Crippen molar-refractivity contribution < 1.29 is 19.0 Å². The fourth-order valence-electron chi connectivity index (χ4n) is 1.42. The highest BCUT2D eigenvalue weighted by Gasteiger charge is 2.06. The first-order valence-electron chi connectivity index (χ1n) is 5.08. The van der Waals surface area contributed by atoms with Crippen LogP contribution in [-0.4, -0.2) is 17.2 Å². The predicted octanol–water partition coefficient (Wildman–Crippen LogP) is 2.57. The Morgan fingerprint density at radius 2 is 2.00 bits per heavy atom. The number of alkyl halides is 1. The van der Waals surface area contributed by atoms with Gasteiger partial charge in [0.25, 0.3) is 0 Å². The normalized spacial score (nSPS) is 10.5. The maximum absolute atomic E-state index is 12.6. The van der Waals surface area contributed by atoms with Crippen LogP contribution < -0.4 is 4.74 Å². The van der Waals surface area contributed by atoms with Gasteiger partial charge >= 0.3 is 5.97 Å². The second kappa shape index (κ2) is 5.49. The monoisotopic (exact) mass is 226 g/mol. The molecule has 0 atom stereocenters. The lowest BCUT2D eigenvalue weighted by Crippen LogP contribution is -2.07. The van der Waals surface area contributed by atoms with E-state index in [-0.39, 0.29) is 12.5 Å². The molecule has 0 aliphatic carbocycles. The van der Waals surface area contributed by atoms with Crippen LogP contribution in [0, 0.1) is 0 Å².